The summed E-state index contributed by atoms with van der Waals surface area (Å²) in [5.74, 6) is -0.360. The monoisotopic (exact) mass is 224 g/mol. The second-order valence-electron chi connectivity index (χ2n) is 4.11. The van der Waals surface area contributed by atoms with Gasteiger partial charge in [-0.25, -0.2) is 4.39 Å². The maximum atomic E-state index is 12.6. The van der Waals surface area contributed by atoms with Gasteiger partial charge in [-0.1, -0.05) is 26.0 Å². The predicted molar refractivity (Wildman–Crippen MR) is 61.1 cm³/mol. The minimum Gasteiger partial charge on any atom is -0.351 e. The fourth-order valence-electron chi connectivity index (χ4n) is 1.21. The zero-order chi connectivity index (χ0) is 12.1. The molecular formula is C12H17FN2O. The number of carbonyl (C=O) groups excluding carboxylic acids is 1. The van der Waals surface area contributed by atoms with E-state index in [4.69, 9.17) is 5.73 Å². The minimum absolute atomic E-state index is 0.105. The van der Waals surface area contributed by atoms with Crippen LogP contribution in [0.25, 0.3) is 0 Å². The van der Waals surface area contributed by atoms with Gasteiger partial charge in [0.1, 0.15) is 5.82 Å². The Kier molecular flexibility index (Phi) is 4.43. The van der Waals surface area contributed by atoms with E-state index in [1.165, 1.54) is 12.1 Å². The fourth-order valence-corrected chi connectivity index (χ4v) is 1.21. The lowest BCUT2D eigenvalue weighted by molar-refractivity contribution is -0.123. The first kappa shape index (κ1) is 12.6. The number of nitrogens with one attached hydrogen (secondary N) is 1. The van der Waals surface area contributed by atoms with E-state index < -0.39 is 6.04 Å². The molecule has 0 radical (unpaired) electrons. The average molecular weight is 224 g/mol. The van der Waals surface area contributed by atoms with E-state index in [2.05, 4.69) is 5.32 Å². The highest BCUT2D eigenvalue weighted by atomic mass is 19.1. The van der Waals surface area contributed by atoms with Gasteiger partial charge in [0, 0.05) is 6.54 Å². The van der Waals surface area contributed by atoms with Gasteiger partial charge in [-0.05, 0) is 23.6 Å². The van der Waals surface area contributed by atoms with E-state index in [9.17, 15) is 9.18 Å². The van der Waals surface area contributed by atoms with Gasteiger partial charge in [0.25, 0.3) is 0 Å². The molecule has 0 fully saturated rings. The van der Waals surface area contributed by atoms with Crippen molar-refractivity contribution in [1.29, 1.82) is 0 Å². The summed E-state index contributed by atoms with van der Waals surface area (Å²) in [6, 6.07) is 5.50. The van der Waals surface area contributed by atoms with Crippen molar-refractivity contribution in [2.24, 2.45) is 11.7 Å². The van der Waals surface area contributed by atoms with Gasteiger partial charge in [0.2, 0.25) is 5.91 Å². The topological polar surface area (TPSA) is 55.1 Å². The van der Waals surface area contributed by atoms with Gasteiger partial charge in [0.15, 0.2) is 0 Å². The van der Waals surface area contributed by atoms with Crippen LogP contribution in [0.5, 0.6) is 0 Å². The summed E-state index contributed by atoms with van der Waals surface area (Å²) in [6.07, 6.45) is 0. The Morgan fingerprint density at radius 1 is 1.38 bits per heavy atom. The molecule has 4 heteroatoms. The summed E-state index contributed by atoms with van der Waals surface area (Å²) in [6.45, 7) is 4.16. The van der Waals surface area contributed by atoms with Crippen LogP contribution in [0, 0.1) is 11.7 Å². The lowest BCUT2D eigenvalue weighted by Crippen LogP contribution is -2.43. The van der Waals surface area contributed by atoms with Crippen molar-refractivity contribution in [2.45, 2.75) is 26.4 Å². The number of hydrogen-bond donors (Lipinski definition) is 2. The number of hydrogen-bond acceptors (Lipinski definition) is 2. The largest absolute Gasteiger partial charge is 0.351 e. The second-order valence-corrected chi connectivity index (χ2v) is 4.11. The molecule has 0 aliphatic heterocycles. The molecule has 0 saturated carbocycles. The summed E-state index contributed by atoms with van der Waals surface area (Å²) in [7, 11) is 0. The first-order valence-corrected chi connectivity index (χ1v) is 5.28. The molecule has 0 spiro atoms. The quantitative estimate of drug-likeness (QED) is 0.812. The van der Waals surface area contributed by atoms with Crippen LogP contribution in [0.4, 0.5) is 4.39 Å². The minimum atomic E-state index is -0.500. The van der Waals surface area contributed by atoms with Crippen molar-refractivity contribution in [1.82, 2.24) is 5.32 Å². The predicted octanol–water partition coefficient (Wildman–Crippen LogP) is 1.43. The Hall–Kier alpha value is -1.42. The van der Waals surface area contributed by atoms with Crippen molar-refractivity contribution < 1.29 is 9.18 Å². The summed E-state index contributed by atoms with van der Waals surface area (Å²) in [5, 5.41) is 2.71. The Bertz CT molecular complexity index is 349. The molecule has 3 N–H and O–H groups in total. The van der Waals surface area contributed by atoms with Crippen molar-refractivity contribution in [3.05, 3.63) is 35.6 Å². The standard InChI is InChI=1S/C12H17FN2O/c1-8(2)11(14)12(16)15-7-9-3-5-10(13)6-4-9/h3-6,8,11H,7,14H2,1-2H3,(H,15,16)/t11-/m1/s1. The average Bonchev–Trinajstić information content (AvgIpc) is 2.26. The molecule has 1 atom stereocenters. The van der Waals surface area contributed by atoms with E-state index in [0.717, 1.165) is 5.56 Å². The second kappa shape index (κ2) is 5.61. The van der Waals surface area contributed by atoms with Crippen LogP contribution in [0.2, 0.25) is 0 Å². The van der Waals surface area contributed by atoms with Gasteiger partial charge in [-0.3, -0.25) is 4.79 Å². The lowest BCUT2D eigenvalue weighted by atomic mass is 10.0. The highest BCUT2D eigenvalue weighted by Gasteiger charge is 2.16. The summed E-state index contributed by atoms with van der Waals surface area (Å²) in [4.78, 5) is 11.5. The number of amides is 1. The highest BCUT2D eigenvalue weighted by molar-refractivity contribution is 5.81. The van der Waals surface area contributed by atoms with Crippen LogP contribution in [0.3, 0.4) is 0 Å². The van der Waals surface area contributed by atoms with Crippen molar-refractivity contribution in [3.8, 4) is 0 Å². The maximum Gasteiger partial charge on any atom is 0.237 e. The molecule has 16 heavy (non-hydrogen) atoms. The number of benzene rings is 1. The van der Waals surface area contributed by atoms with Gasteiger partial charge in [0.05, 0.1) is 6.04 Å². The van der Waals surface area contributed by atoms with Gasteiger partial charge in [-0.2, -0.15) is 0 Å². The Morgan fingerprint density at radius 2 is 1.94 bits per heavy atom. The lowest BCUT2D eigenvalue weighted by Gasteiger charge is -2.15. The van der Waals surface area contributed by atoms with Crippen LogP contribution in [0.1, 0.15) is 19.4 Å². The SMILES string of the molecule is CC(C)[C@@H](N)C(=O)NCc1ccc(F)cc1. The molecule has 0 heterocycles. The molecule has 0 aliphatic carbocycles. The van der Waals surface area contributed by atoms with Crippen LogP contribution >= 0.6 is 0 Å². The van der Waals surface area contributed by atoms with Gasteiger partial charge < -0.3 is 11.1 Å². The summed E-state index contributed by atoms with van der Waals surface area (Å²) >= 11 is 0. The van der Waals surface area contributed by atoms with Crippen molar-refractivity contribution in [2.75, 3.05) is 0 Å². The highest BCUT2D eigenvalue weighted by Crippen LogP contribution is 2.03. The van der Waals surface area contributed by atoms with Crippen molar-refractivity contribution in [3.63, 3.8) is 0 Å². The third kappa shape index (κ3) is 3.62. The molecule has 88 valence electrons. The van der Waals surface area contributed by atoms with Crippen LogP contribution in [0.15, 0.2) is 24.3 Å². The van der Waals surface area contributed by atoms with E-state index >= 15 is 0 Å². The molecule has 0 aliphatic rings. The summed E-state index contributed by atoms with van der Waals surface area (Å²) < 4.78 is 12.6. The summed E-state index contributed by atoms with van der Waals surface area (Å²) in [5.41, 5.74) is 6.53. The number of carbonyl (C=O) groups is 1. The molecule has 0 aromatic heterocycles. The molecule has 0 bridgehead atoms. The fraction of sp³-hybridized carbons (Fsp3) is 0.417. The molecule has 1 aromatic carbocycles. The first-order valence-electron chi connectivity index (χ1n) is 5.28. The number of rotatable bonds is 4. The maximum absolute atomic E-state index is 12.6. The smallest absolute Gasteiger partial charge is 0.237 e. The van der Waals surface area contributed by atoms with E-state index in [1.54, 1.807) is 12.1 Å². The molecule has 1 aromatic rings. The number of halogens is 1. The number of nitrogens with two attached hydrogens (primary N) is 1. The van der Waals surface area contributed by atoms with Crippen LogP contribution < -0.4 is 11.1 Å². The Balaban J connectivity index is 2.46. The van der Waals surface area contributed by atoms with Crippen LogP contribution in [-0.4, -0.2) is 11.9 Å². The van der Waals surface area contributed by atoms with Gasteiger partial charge in [-0.15, -0.1) is 0 Å². The van der Waals surface area contributed by atoms with E-state index in [-0.39, 0.29) is 17.6 Å². The zero-order valence-corrected chi connectivity index (χ0v) is 9.53. The third-order valence-electron chi connectivity index (χ3n) is 2.40. The van der Waals surface area contributed by atoms with E-state index in [1.807, 2.05) is 13.8 Å². The molecule has 1 amide bonds. The molecule has 1 rings (SSSR count). The van der Waals surface area contributed by atoms with E-state index in [0.29, 0.717) is 6.54 Å². The normalized spacial score (nSPS) is 12.6. The third-order valence-corrected chi connectivity index (χ3v) is 2.40. The first-order chi connectivity index (χ1) is 7.50. The molecule has 0 saturated heterocycles. The zero-order valence-electron chi connectivity index (χ0n) is 9.53. The van der Waals surface area contributed by atoms with Crippen LogP contribution in [-0.2, 0) is 11.3 Å². The molecule has 3 nitrogen and oxygen atoms in total. The Morgan fingerprint density at radius 3 is 2.44 bits per heavy atom. The van der Waals surface area contributed by atoms with Crippen molar-refractivity contribution >= 4 is 5.91 Å². The van der Waals surface area contributed by atoms with Gasteiger partial charge >= 0.3 is 0 Å². The molecular weight excluding hydrogens is 207 g/mol. The Labute approximate surface area is 94.8 Å². The molecule has 0 unspecified atom stereocenters.